The molecule has 1 saturated heterocycles. The first-order chi connectivity index (χ1) is 13.3. The van der Waals surface area contributed by atoms with Crippen LogP contribution < -0.4 is 0 Å². The molecule has 28 heavy (non-hydrogen) atoms. The van der Waals surface area contributed by atoms with Crippen molar-refractivity contribution in [2.75, 3.05) is 32.4 Å². The Morgan fingerprint density at radius 1 is 1.25 bits per heavy atom. The van der Waals surface area contributed by atoms with Gasteiger partial charge in [0.25, 0.3) is 5.91 Å². The zero-order valence-corrected chi connectivity index (χ0v) is 19.4. The van der Waals surface area contributed by atoms with E-state index in [9.17, 15) is 4.79 Å². The number of carbonyl (C=O) groups is 1. The van der Waals surface area contributed by atoms with E-state index in [-0.39, 0.29) is 11.3 Å². The molecule has 1 aromatic heterocycles. The number of thioether (sulfide) groups is 1. The van der Waals surface area contributed by atoms with E-state index in [1.165, 1.54) is 5.01 Å². The third kappa shape index (κ3) is 5.29. The quantitative estimate of drug-likeness (QED) is 0.618. The van der Waals surface area contributed by atoms with Crippen molar-refractivity contribution in [3.05, 3.63) is 44.9 Å². The fraction of sp³-hybridized carbons (Fsp3) is 0.524. The second-order valence-electron chi connectivity index (χ2n) is 8.16. The van der Waals surface area contributed by atoms with Gasteiger partial charge in [-0.15, -0.1) is 23.1 Å². The fourth-order valence-electron chi connectivity index (χ4n) is 3.25. The van der Waals surface area contributed by atoms with Gasteiger partial charge >= 0.3 is 0 Å². The number of carbonyl (C=O) groups excluding carboxylic acids is 1. The van der Waals surface area contributed by atoms with E-state index in [0.29, 0.717) is 10.6 Å². The maximum absolute atomic E-state index is 13.0. The van der Waals surface area contributed by atoms with E-state index in [1.807, 2.05) is 29.4 Å². The van der Waals surface area contributed by atoms with Crippen LogP contribution in [-0.2, 0) is 12.0 Å². The Balaban J connectivity index is 1.63. The molecule has 0 bridgehead atoms. The van der Waals surface area contributed by atoms with Crippen LogP contribution in [0.4, 0.5) is 0 Å². The highest BCUT2D eigenvalue weighted by Crippen LogP contribution is 2.27. The summed E-state index contributed by atoms with van der Waals surface area (Å²) in [4.78, 5) is 23.2. The van der Waals surface area contributed by atoms with Crippen LogP contribution in [-0.4, -0.2) is 53.1 Å². The first kappa shape index (κ1) is 21.6. The molecule has 2 aromatic rings. The Morgan fingerprint density at radius 2 is 2.04 bits per heavy atom. The summed E-state index contributed by atoms with van der Waals surface area (Å²) in [6.45, 7) is 10.7. The van der Waals surface area contributed by atoms with Gasteiger partial charge in [-0.2, -0.15) is 0 Å². The second kappa shape index (κ2) is 9.16. The summed E-state index contributed by atoms with van der Waals surface area (Å²) in [5.74, 6) is 0.0337. The lowest BCUT2D eigenvalue weighted by Crippen LogP contribution is -2.35. The average molecular weight is 438 g/mol. The highest BCUT2D eigenvalue weighted by molar-refractivity contribution is 7.98. The van der Waals surface area contributed by atoms with E-state index >= 15 is 0 Å². The van der Waals surface area contributed by atoms with Crippen LogP contribution in [0.25, 0.3) is 0 Å². The van der Waals surface area contributed by atoms with Gasteiger partial charge in [0, 0.05) is 48.4 Å². The van der Waals surface area contributed by atoms with Gasteiger partial charge in [-0.05, 0) is 30.9 Å². The lowest BCUT2D eigenvalue weighted by Gasteiger charge is -2.22. The molecule has 2 heterocycles. The second-order valence-corrected chi connectivity index (χ2v) is 10.3. The summed E-state index contributed by atoms with van der Waals surface area (Å²) < 4.78 is 0. The van der Waals surface area contributed by atoms with Crippen molar-refractivity contribution < 1.29 is 4.79 Å². The van der Waals surface area contributed by atoms with E-state index in [1.54, 1.807) is 23.1 Å². The maximum Gasteiger partial charge on any atom is 0.255 e. The number of nitrogens with zero attached hydrogens (tertiary/aromatic N) is 3. The van der Waals surface area contributed by atoms with Crippen molar-refractivity contribution in [2.24, 2.45) is 0 Å². The zero-order valence-electron chi connectivity index (χ0n) is 17.0. The Kier molecular flexibility index (Phi) is 7.07. The summed E-state index contributed by atoms with van der Waals surface area (Å²) in [7, 11) is 0. The molecule has 0 unspecified atom stereocenters. The lowest BCUT2D eigenvalue weighted by atomic mass is 9.98. The predicted molar refractivity (Wildman–Crippen MR) is 120 cm³/mol. The van der Waals surface area contributed by atoms with Crippen molar-refractivity contribution in [1.82, 2.24) is 14.8 Å². The standard InChI is InChI=1S/C21H28ClN3OS2/c1-21(2,3)20-23-15(14-28-20)13-24-8-5-9-25(11-10-24)19(26)17-12-16(27-4)6-7-18(17)22/h6-7,12,14H,5,8-11,13H2,1-4H3. The topological polar surface area (TPSA) is 36.4 Å². The highest BCUT2D eigenvalue weighted by atomic mass is 35.5. The van der Waals surface area contributed by atoms with Crippen molar-refractivity contribution in [1.29, 1.82) is 0 Å². The van der Waals surface area contributed by atoms with E-state index in [0.717, 1.165) is 49.7 Å². The van der Waals surface area contributed by atoms with Gasteiger partial charge < -0.3 is 4.90 Å². The summed E-state index contributed by atoms with van der Waals surface area (Å²) in [6.07, 6.45) is 2.96. The Bertz CT molecular complexity index is 831. The van der Waals surface area contributed by atoms with Crippen LogP contribution >= 0.6 is 34.7 Å². The van der Waals surface area contributed by atoms with E-state index in [4.69, 9.17) is 16.6 Å². The predicted octanol–water partition coefficient (Wildman–Crippen LogP) is 5.16. The number of rotatable bonds is 4. The Morgan fingerprint density at radius 3 is 2.71 bits per heavy atom. The van der Waals surface area contributed by atoms with Crippen LogP contribution in [0.2, 0.25) is 5.02 Å². The highest BCUT2D eigenvalue weighted by Gasteiger charge is 2.23. The smallest absolute Gasteiger partial charge is 0.255 e. The third-order valence-corrected chi connectivity index (χ3v) is 7.23. The molecule has 152 valence electrons. The van der Waals surface area contributed by atoms with Gasteiger partial charge in [-0.3, -0.25) is 9.69 Å². The lowest BCUT2D eigenvalue weighted by molar-refractivity contribution is 0.0761. The van der Waals surface area contributed by atoms with Crippen LogP contribution in [0.1, 0.15) is 48.3 Å². The fourth-order valence-corrected chi connectivity index (χ4v) is 4.79. The molecular formula is C21H28ClN3OS2. The maximum atomic E-state index is 13.0. The van der Waals surface area contributed by atoms with E-state index in [2.05, 4.69) is 31.1 Å². The van der Waals surface area contributed by atoms with Crippen molar-refractivity contribution in [3.63, 3.8) is 0 Å². The molecule has 1 aromatic carbocycles. The molecule has 7 heteroatoms. The average Bonchev–Trinajstić information content (AvgIpc) is 3.01. The van der Waals surface area contributed by atoms with Crippen LogP contribution in [0.15, 0.2) is 28.5 Å². The number of halogens is 1. The minimum absolute atomic E-state index is 0.0337. The SMILES string of the molecule is CSc1ccc(Cl)c(C(=O)N2CCCN(Cc3csc(C(C)(C)C)n3)CC2)c1. The van der Waals surface area contributed by atoms with Crippen molar-refractivity contribution in [3.8, 4) is 0 Å². The molecule has 0 saturated carbocycles. The number of thiazole rings is 1. The molecule has 0 radical (unpaired) electrons. The summed E-state index contributed by atoms with van der Waals surface area (Å²) in [5.41, 5.74) is 1.83. The summed E-state index contributed by atoms with van der Waals surface area (Å²) >= 11 is 9.67. The van der Waals surface area contributed by atoms with Crippen LogP contribution in [0.3, 0.4) is 0 Å². The van der Waals surface area contributed by atoms with Gasteiger partial charge in [-0.25, -0.2) is 4.98 Å². The van der Waals surface area contributed by atoms with Gasteiger partial charge in [0.2, 0.25) is 0 Å². The van der Waals surface area contributed by atoms with Crippen LogP contribution in [0, 0.1) is 0 Å². The first-order valence-corrected chi connectivity index (χ1v) is 12.1. The minimum Gasteiger partial charge on any atom is -0.337 e. The van der Waals surface area contributed by atoms with E-state index < -0.39 is 0 Å². The zero-order chi connectivity index (χ0) is 20.3. The monoisotopic (exact) mass is 437 g/mol. The molecule has 4 nitrogen and oxygen atoms in total. The molecule has 1 aliphatic heterocycles. The number of amides is 1. The molecule has 1 aliphatic rings. The van der Waals surface area contributed by atoms with Gasteiger partial charge in [0.05, 0.1) is 21.3 Å². The number of hydrogen-bond donors (Lipinski definition) is 0. The number of benzene rings is 1. The molecular weight excluding hydrogens is 410 g/mol. The Hall–Kier alpha value is -1.08. The number of aromatic nitrogens is 1. The number of hydrogen-bond acceptors (Lipinski definition) is 5. The molecule has 1 amide bonds. The molecule has 0 spiro atoms. The molecule has 0 aliphatic carbocycles. The Labute approximate surface area is 181 Å². The summed E-state index contributed by atoms with van der Waals surface area (Å²) in [6, 6.07) is 5.68. The van der Waals surface area contributed by atoms with Gasteiger partial charge in [0.1, 0.15) is 0 Å². The third-order valence-electron chi connectivity index (χ3n) is 4.86. The molecule has 0 atom stereocenters. The molecule has 0 N–H and O–H groups in total. The molecule has 1 fully saturated rings. The first-order valence-electron chi connectivity index (χ1n) is 9.58. The molecule has 3 rings (SSSR count). The van der Waals surface area contributed by atoms with Crippen LogP contribution in [0.5, 0.6) is 0 Å². The van der Waals surface area contributed by atoms with Crippen molar-refractivity contribution in [2.45, 2.75) is 44.0 Å². The normalized spacial score (nSPS) is 16.2. The van der Waals surface area contributed by atoms with Gasteiger partial charge in [0.15, 0.2) is 0 Å². The van der Waals surface area contributed by atoms with Crippen molar-refractivity contribution >= 4 is 40.6 Å². The largest absolute Gasteiger partial charge is 0.337 e. The van der Waals surface area contributed by atoms with Gasteiger partial charge in [-0.1, -0.05) is 32.4 Å². The minimum atomic E-state index is 0.0337. The summed E-state index contributed by atoms with van der Waals surface area (Å²) in [5, 5.41) is 3.88.